The van der Waals surface area contributed by atoms with E-state index in [1.807, 2.05) is 20.0 Å². The Hall–Kier alpha value is -1.36. The summed E-state index contributed by atoms with van der Waals surface area (Å²) in [5, 5.41) is 13.7. The molecule has 2 rings (SSSR count). The molecule has 0 saturated carbocycles. The van der Waals surface area contributed by atoms with E-state index in [2.05, 4.69) is 5.10 Å². The first-order valence-corrected chi connectivity index (χ1v) is 5.38. The first-order chi connectivity index (χ1) is 7.56. The van der Waals surface area contributed by atoms with Crippen LogP contribution in [-0.4, -0.2) is 34.1 Å². The number of carbonyl (C=O) groups is 1. The lowest BCUT2D eigenvalue weighted by atomic mass is 9.77. The zero-order valence-corrected chi connectivity index (χ0v) is 9.56. The largest absolute Gasteiger partial charge is 0.481 e. The summed E-state index contributed by atoms with van der Waals surface area (Å²) in [5.41, 5.74) is 0.773. The summed E-state index contributed by atoms with van der Waals surface area (Å²) in [5.74, 6) is -0.797. The van der Waals surface area contributed by atoms with Crippen LogP contribution in [0.25, 0.3) is 0 Å². The number of hydrogen-bond acceptors (Lipinski definition) is 3. The van der Waals surface area contributed by atoms with Gasteiger partial charge in [0.05, 0.1) is 5.69 Å². The molecular weight excluding hydrogens is 208 g/mol. The molecule has 0 atom stereocenters. The molecule has 0 amide bonds. The van der Waals surface area contributed by atoms with Crippen LogP contribution in [0.5, 0.6) is 0 Å². The molecule has 0 spiro atoms. The summed E-state index contributed by atoms with van der Waals surface area (Å²) in [7, 11) is 1.83. The molecular formula is C11H16N2O3. The van der Waals surface area contributed by atoms with Crippen LogP contribution in [0.1, 0.15) is 24.2 Å². The highest BCUT2D eigenvalue weighted by Gasteiger charge is 2.44. The van der Waals surface area contributed by atoms with E-state index in [1.54, 1.807) is 4.68 Å². The van der Waals surface area contributed by atoms with Gasteiger partial charge >= 0.3 is 5.97 Å². The van der Waals surface area contributed by atoms with Crippen molar-refractivity contribution in [3.05, 3.63) is 17.5 Å². The van der Waals surface area contributed by atoms with Gasteiger partial charge in [-0.3, -0.25) is 9.48 Å². The van der Waals surface area contributed by atoms with E-state index in [1.165, 1.54) is 0 Å². The molecule has 16 heavy (non-hydrogen) atoms. The summed E-state index contributed by atoms with van der Waals surface area (Å²) in [6, 6.07) is 1.86. The Morgan fingerprint density at radius 3 is 2.62 bits per heavy atom. The molecule has 5 heteroatoms. The molecule has 0 radical (unpaired) electrons. The second kappa shape index (κ2) is 3.90. The van der Waals surface area contributed by atoms with Crippen LogP contribution in [0, 0.1) is 6.92 Å². The van der Waals surface area contributed by atoms with Gasteiger partial charge in [0.15, 0.2) is 0 Å². The molecule has 1 aromatic rings. The number of aryl methyl sites for hydroxylation is 2. The van der Waals surface area contributed by atoms with Crippen LogP contribution in [0.3, 0.4) is 0 Å². The highest BCUT2D eigenvalue weighted by atomic mass is 16.5. The summed E-state index contributed by atoms with van der Waals surface area (Å²) >= 11 is 0. The molecule has 5 nitrogen and oxygen atoms in total. The molecule has 1 N–H and O–H groups in total. The molecule has 0 bridgehead atoms. The van der Waals surface area contributed by atoms with Gasteiger partial charge in [-0.2, -0.15) is 5.10 Å². The van der Waals surface area contributed by atoms with Crippen LogP contribution >= 0.6 is 0 Å². The Bertz CT molecular complexity index is 386. The maximum Gasteiger partial charge on any atom is 0.315 e. The van der Waals surface area contributed by atoms with E-state index in [0.717, 1.165) is 5.69 Å². The number of ether oxygens (including phenoxy) is 1. The van der Waals surface area contributed by atoms with Crippen molar-refractivity contribution in [1.82, 2.24) is 9.78 Å². The van der Waals surface area contributed by atoms with E-state index < -0.39 is 11.4 Å². The van der Waals surface area contributed by atoms with Crippen molar-refractivity contribution in [2.45, 2.75) is 25.2 Å². The van der Waals surface area contributed by atoms with Crippen LogP contribution < -0.4 is 0 Å². The Balaban J connectivity index is 2.42. The second-order valence-corrected chi connectivity index (χ2v) is 4.29. The quantitative estimate of drug-likeness (QED) is 0.809. The molecule has 1 fully saturated rings. The number of carboxylic acid groups (broad SMARTS) is 1. The Kier molecular flexibility index (Phi) is 2.71. The lowest BCUT2D eigenvalue weighted by molar-refractivity contribution is -0.148. The fraction of sp³-hybridized carbons (Fsp3) is 0.636. The van der Waals surface area contributed by atoms with Crippen molar-refractivity contribution in [1.29, 1.82) is 0 Å². The van der Waals surface area contributed by atoms with Gasteiger partial charge in [0.2, 0.25) is 0 Å². The average molecular weight is 224 g/mol. The van der Waals surface area contributed by atoms with Crippen molar-refractivity contribution >= 4 is 5.97 Å². The minimum atomic E-state index is -0.857. The van der Waals surface area contributed by atoms with E-state index in [4.69, 9.17) is 4.74 Å². The number of aromatic nitrogens is 2. The molecule has 0 aliphatic carbocycles. The second-order valence-electron chi connectivity index (χ2n) is 4.29. The summed E-state index contributed by atoms with van der Waals surface area (Å²) in [6.45, 7) is 2.90. The molecule has 1 saturated heterocycles. The molecule has 1 aromatic heterocycles. The highest BCUT2D eigenvalue weighted by molar-refractivity contribution is 5.80. The Labute approximate surface area is 94.0 Å². The fourth-order valence-corrected chi connectivity index (χ4v) is 2.09. The summed E-state index contributed by atoms with van der Waals surface area (Å²) in [6.07, 6.45) is 0.998. The van der Waals surface area contributed by atoms with Gasteiger partial charge in [0.1, 0.15) is 5.41 Å². The predicted octanol–water partition coefficient (Wildman–Crippen LogP) is 0.861. The SMILES string of the molecule is Cc1cc(C2(C(=O)O)CCOCC2)nn1C. The van der Waals surface area contributed by atoms with Crippen LogP contribution in [0.2, 0.25) is 0 Å². The van der Waals surface area contributed by atoms with Gasteiger partial charge in [0, 0.05) is 26.0 Å². The van der Waals surface area contributed by atoms with Gasteiger partial charge < -0.3 is 9.84 Å². The third-order valence-electron chi connectivity index (χ3n) is 3.36. The first-order valence-electron chi connectivity index (χ1n) is 5.38. The van der Waals surface area contributed by atoms with Crippen molar-refractivity contribution in [2.24, 2.45) is 7.05 Å². The molecule has 1 aliphatic rings. The van der Waals surface area contributed by atoms with Gasteiger partial charge in [0.25, 0.3) is 0 Å². The van der Waals surface area contributed by atoms with Gasteiger partial charge in [-0.1, -0.05) is 0 Å². The van der Waals surface area contributed by atoms with Crippen LogP contribution in [0.4, 0.5) is 0 Å². The smallest absolute Gasteiger partial charge is 0.315 e. The Morgan fingerprint density at radius 1 is 1.56 bits per heavy atom. The standard InChI is InChI=1S/C11H16N2O3/c1-8-7-9(12-13(8)2)11(10(14)15)3-5-16-6-4-11/h7H,3-6H2,1-2H3,(H,14,15). The summed E-state index contributed by atoms with van der Waals surface area (Å²) < 4.78 is 6.95. The lowest BCUT2D eigenvalue weighted by Crippen LogP contribution is -2.41. The van der Waals surface area contributed by atoms with E-state index in [-0.39, 0.29) is 0 Å². The first kappa shape index (κ1) is 11.1. The molecule has 88 valence electrons. The number of nitrogens with zero attached hydrogens (tertiary/aromatic N) is 2. The average Bonchev–Trinajstić information content (AvgIpc) is 2.60. The van der Waals surface area contributed by atoms with Gasteiger partial charge in [-0.15, -0.1) is 0 Å². The maximum absolute atomic E-state index is 11.5. The molecule has 0 unspecified atom stereocenters. The van der Waals surface area contributed by atoms with Crippen LogP contribution in [-0.2, 0) is 22.0 Å². The van der Waals surface area contributed by atoms with Crippen molar-refractivity contribution < 1.29 is 14.6 Å². The fourth-order valence-electron chi connectivity index (χ4n) is 2.09. The van der Waals surface area contributed by atoms with Crippen LogP contribution in [0.15, 0.2) is 6.07 Å². The molecule has 2 heterocycles. The molecule has 1 aliphatic heterocycles. The van der Waals surface area contributed by atoms with Crippen molar-refractivity contribution in [3.63, 3.8) is 0 Å². The number of rotatable bonds is 2. The molecule has 0 aromatic carbocycles. The normalized spacial score (nSPS) is 19.6. The zero-order valence-electron chi connectivity index (χ0n) is 9.56. The zero-order chi connectivity index (χ0) is 11.8. The Morgan fingerprint density at radius 2 is 2.19 bits per heavy atom. The van der Waals surface area contributed by atoms with Crippen molar-refractivity contribution in [2.75, 3.05) is 13.2 Å². The minimum Gasteiger partial charge on any atom is -0.481 e. The number of carboxylic acids is 1. The lowest BCUT2D eigenvalue weighted by Gasteiger charge is -2.31. The van der Waals surface area contributed by atoms with Gasteiger partial charge in [-0.05, 0) is 25.8 Å². The van der Waals surface area contributed by atoms with Crippen molar-refractivity contribution in [3.8, 4) is 0 Å². The summed E-state index contributed by atoms with van der Waals surface area (Å²) in [4.78, 5) is 11.5. The minimum absolute atomic E-state index is 0.488. The topological polar surface area (TPSA) is 64.3 Å². The monoisotopic (exact) mass is 224 g/mol. The highest BCUT2D eigenvalue weighted by Crippen LogP contribution is 2.34. The maximum atomic E-state index is 11.5. The predicted molar refractivity (Wildman–Crippen MR) is 57.3 cm³/mol. The third-order valence-corrected chi connectivity index (χ3v) is 3.36. The van der Waals surface area contributed by atoms with E-state index in [9.17, 15) is 9.90 Å². The number of aliphatic carboxylic acids is 1. The van der Waals surface area contributed by atoms with E-state index >= 15 is 0 Å². The third kappa shape index (κ3) is 1.61. The number of hydrogen-bond donors (Lipinski definition) is 1. The van der Waals surface area contributed by atoms with E-state index in [0.29, 0.717) is 31.7 Å². The van der Waals surface area contributed by atoms with Gasteiger partial charge in [-0.25, -0.2) is 0 Å².